The highest BCUT2D eigenvalue weighted by atomic mass is 16.5. The van der Waals surface area contributed by atoms with Crippen LogP contribution in [0.15, 0.2) is 0 Å². The Hall–Kier alpha value is -0.810. The summed E-state index contributed by atoms with van der Waals surface area (Å²) in [6.45, 7) is 1.38. The molecule has 1 aliphatic heterocycles. The van der Waals surface area contributed by atoms with E-state index >= 15 is 0 Å². The zero-order valence-corrected chi connectivity index (χ0v) is 10.5. The van der Waals surface area contributed by atoms with Crippen molar-refractivity contribution in [3.63, 3.8) is 0 Å². The highest BCUT2D eigenvalue weighted by molar-refractivity contribution is 5.74. The summed E-state index contributed by atoms with van der Waals surface area (Å²) in [4.78, 5) is 13.8. The van der Waals surface area contributed by atoms with Crippen LogP contribution in [-0.2, 0) is 4.74 Å². The zero-order chi connectivity index (χ0) is 12.3. The first-order valence-electron chi connectivity index (χ1n) is 6.55. The highest BCUT2D eigenvalue weighted by Crippen LogP contribution is 2.21. The lowest BCUT2D eigenvalue weighted by Crippen LogP contribution is -2.54. The van der Waals surface area contributed by atoms with Crippen LogP contribution in [0.5, 0.6) is 0 Å². The second kappa shape index (κ2) is 5.69. The first-order chi connectivity index (χ1) is 8.18. The number of rotatable bonds is 2. The number of nitrogens with zero attached hydrogens (tertiary/aromatic N) is 1. The number of likely N-dealkylation sites (N-methyl/N-ethyl adjacent to an activating group) is 1. The Labute approximate surface area is 103 Å². The molecule has 2 rings (SSSR count). The molecule has 17 heavy (non-hydrogen) atoms. The van der Waals surface area contributed by atoms with Gasteiger partial charge < -0.3 is 20.7 Å². The van der Waals surface area contributed by atoms with Crippen LogP contribution in [0, 0.1) is 0 Å². The van der Waals surface area contributed by atoms with Crippen molar-refractivity contribution in [2.75, 3.05) is 20.3 Å². The van der Waals surface area contributed by atoms with Gasteiger partial charge in [-0.3, -0.25) is 0 Å². The largest absolute Gasteiger partial charge is 0.379 e. The van der Waals surface area contributed by atoms with E-state index in [9.17, 15) is 4.79 Å². The van der Waals surface area contributed by atoms with Crippen LogP contribution in [0.2, 0.25) is 0 Å². The number of urea groups is 1. The molecule has 0 radical (unpaired) electrons. The molecule has 0 aromatic heterocycles. The van der Waals surface area contributed by atoms with E-state index in [0.717, 1.165) is 25.9 Å². The number of carbonyl (C=O) groups excluding carboxylic acids is 1. The average molecular weight is 241 g/mol. The molecule has 3 atom stereocenters. The van der Waals surface area contributed by atoms with Gasteiger partial charge in [0.25, 0.3) is 0 Å². The van der Waals surface area contributed by atoms with Crippen LogP contribution in [0.4, 0.5) is 4.79 Å². The predicted molar refractivity (Wildman–Crippen MR) is 65.8 cm³/mol. The summed E-state index contributed by atoms with van der Waals surface area (Å²) in [6, 6.07) is 0.470. The smallest absolute Gasteiger partial charge is 0.317 e. The average Bonchev–Trinajstić information content (AvgIpc) is 2.81. The lowest BCUT2D eigenvalue weighted by atomic mass is 9.90. The molecule has 5 heteroatoms. The molecule has 2 fully saturated rings. The summed E-state index contributed by atoms with van der Waals surface area (Å²) in [5, 5.41) is 3.00. The summed E-state index contributed by atoms with van der Waals surface area (Å²) < 4.78 is 5.25. The van der Waals surface area contributed by atoms with Crippen LogP contribution >= 0.6 is 0 Å². The first-order valence-corrected chi connectivity index (χ1v) is 6.55. The van der Waals surface area contributed by atoms with E-state index < -0.39 is 0 Å². The summed E-state index contributed by atoms with van der Waals surface area (Å²) in [7, 11) is 1.85. The van der Waals surface area contributed by atoms with Crippen molar-refractivity contribution in [1.82, 2.24) is 10.2 Å². The highest BCUT2D eigenvalue weighted by Gasteiger charge is 2.29. The van der Waals surface area contributed by atoms with Crippen LogP contribution in [0.25, 0.3) is 0 Å². The van der Waals surface area contributed by atoms with Crippen molar-refractivity contribution < 1.29 is 9.53 Å². The molecule has 0 aromatic carbocycles. The Balaban J connectivity index is 1.84. The van der Waals surface area contributed by atoms with E-state index in [0.29, 0.717) is 6.61 Å². The predicted octanol–water partition coefficient (Wildman–Crippen LogP) is 0.687. The SMILES string of the molecule is CN(C(=O)NC1CCOC1)C1CCCCC1N. The molecule has 2 amide bonds. The summed E-state index contributed by atoms with van der Waals surface area (Å²) in [5.74, 6) is 0. The molecule has 5 nitrogen and oxygen atoms in total. The molecule has 1 heterocycles. The van der Waals surface area contributed by atoms with Gasteiger partial charge in [0, 0.05) is 25.7 Å². The second-order valence-corrected chi connectivity index (χ2v) is 5.14. The maximum Gasteiger partial charge on any atom is 0.317 e. The Morgan fingerprint density at radius 3 is 2.76 bits per heavy atom. The van der Waals surface area contributed by atoms with Gasteiger partial charge in [0.1, 0.15) is 0 Å². The minimum Gasteiger partial charge on any atom is -0.379 e. The minimum atomic E-state index is -0.0112. The maximum absolute atomic E-state index is 12.0. The number of hydrogen-bond acceptors (Lipinski definition) is 3. The molecule has 0 bridgehead atoms. The first kappa shape index (κ1) is 12.6. The van der Waals surface area contributed by atoms with E-state index in [-0.39, 0.29) is 24.2 Å². The van der Waals surface area contributed by atoms with Crippen molar-refractivity contribution in [1.29, 1.82) is 0 Å². The number of ether oxygens (including phenoxy) is 1. The number of carbonyl (C=O) groups is 1. The standard InChI is InChI=1S/C12H23N3O2/c1-15(11-5-3-2-4-10(11)13)12(16)14-9-6-7-17-8-9/h9-11H,2-8,13H2,1H3,(H,14,16). The molecular weight excluding hydrogens is 218 g/mol. The fourth-order valence-corrected chi connectivity index (χ4v) is 2.70. The van der Waals surface area contributed by atoms with E-state index in [1.54, 1.807) is 4.90 Å². The van der Waals surface area contributed by atoms with Gasteiger partial charge in [-0.1, -0.05) is 12.8 Å². The molecule has 1 saturated heterocycles. The number of hydrogen-bond donors (Lipinski definition) is 2. The Morgan fingerprint density at radius 2 is 2.12 bits per heavy atom. The molecule has 2 aliphatic rings. The molecule has 1 aliphatic carbocycles. The molecule has 0 aromatic rings. The van der Waals surface area contributed by atoms with Gasteiger partial charge in [-0.2, -0.15) is 0 Å². The normalized spacial score (nSPS) is 33.4. The zero-order valence-electron chi connectivity index (χ0n) is 10.5. The molecule has 3 unspecified atom stereocenters. The number of nitrogens with two attached hydrogens (primary N) is 1. The summed E-state index contributed by atoms with van der Waals surface area (Å²) in [6.07, 6.45) is 5.31. The van der Waals surface area contributed by atoms with Gasteiger partial charge in [-0.25, -0.2) is 4.79 Å². The van der Waals surface area contributed by atoms with Crippen LogP contribution in [0.3, 0.4) is 0 Å². The van der Waals surface area contributed by atoms with Gasteiger partial charge in [-0.05, 0) is 19.3 Å². The second-order valence-electron chi connectivity index (χ2n) is 5.14. The van der Waals surface area contributed by atoms with Crippen molar-refractivity contribution >= 4 is 6.03 Å². The van der Waals surface area contributed by atoms with Crippen LogP contribution in [0.1, 0.15) is 32.1 Å². The monoisotopic (exact) mass is 241 g/mol. The molecule has 0 spiro atoms. The van der Waals surface area contributed by atoms with E-state index in [2.05, 4.69) is 5.32 Å². The molecule has 3 N–H and O–H groups in total. The summed E-state index contributed by atoms with van der Waals surface area (Å²) >= 11 is 0. The van der Waals surface area contributed by atoms with E-state index in [1.807, 2.05) is 7.05 Å². The van der Waals surface area contributed by atoms with E-state index in [1.165, 1.54) is 12.8 Å². The summed E-state index contributed by atoms with van der Waals surface area (Å²) in [5.41, 5.74) is 6.08. The van der Waals surface area contributed by atoms with Gasteiger partial charge in [0.05, 0.1) is 12.6 Å². The third-order valence-electron chi connectivity index (χ3n) is 3.86. The topological polar surface area (TPSA) is 67.6 Å². The third-order valence-corrected chi connectivity index (χ3v) is 3.86. The lowest BCUT2D eigenvalue weighted by molar-refractivity contribution is 0.155. The Bertz CT molecular complexity index is 266. The molecular formula is C12H23N3O2. The Kier molecular flexibility index (Phi) is 4.23. The number of amides is 2. The minimum absolute atomic E-state index is 0.0112. The van der Waals surface area contributed by atoms with Gasteiger partial charge in [0.15, 0.2) is 0 Å². The number of nitrogens with one attached hydrogen (secondary N) is 1. The quantitative estimate of drug-likeness (QED) is 0.747. The Morgan fingerprint density at radius 1 is 1.35 bits per heavy atom. The van der Waals surface area contributed by atoms with Crippen LogP contribution in [-0.4, -0.2) is 49.3 Å². The van der Waals surface area contributed by atoms with Crippen molar-refractivity contribution in [3.05, 3.63) is 0 Å². The fraction of sp³-hybridized carbons (Fsp3) is 0.917. The van der Waals surface area contributed by atoms with Gasteiger partial charge in [0.2, 0.25) is 0 Å². The van der Waals surface area contributed by atoms with Crippen molar-refractivity contribution in [3.8, 4) is 0 Å². The van der Waals surface area contributed by atoms with Gasteiger partial charge >= 0.3 is 6.03 Å². The molecule has 98 valence electrons. The molecule has 1 saturated carbocycles. The van der Waals surface area contributed by atoms with E-state index in [4.69, 9.17) is 10.5 Å². The van der Waals surface area contributed by atoms with Crippen LogP contribution < -0.4 is 11.1 Å². The maximum atomic E-state index is 12.0. The third kappa shape index (κ3) is 3.10. The van der Waals surface area contributed by atoms with Crippen molar-refractivity contribution in [2.24, 2.45) is 5.73 Å². The van der Waals surface area contributed by atoms with Gasteiger partial charge in [-0.15, -0.1) is 0 Å². The van der Waals surface area contributed by atoms with Crippen molar-refractivity contribution in [2.45, 2.75) is 50.2 Å². The lowest BCUT2D eigenvalue weighted by Gasteiger charge is -2.36. The fourth-order valence-electron chi connectivity index (χ4n) is 2.70.